The van der Waals surface area contributed by atoms with Gasteiger partial charge in [0.05, 0.1) is 5.60 Å². The van der Waals surface area contributed by atoms with E-state index in [4.69, 9.17) is 0 Å². The molecule has 1 amide bonds. The van der Waals surface area contributed by atoms with E-state index in [1.165, 1.54) is 12.1 Å². The summed E-state index contributed by atoms with van der Waals surface area (Å²) in [4.78, 5) is 22.7. The molecule has 6 heteroatoms. The van der Waals surface area contributed by atoms with E-state index in [-0.39, 0.29) is 17.2 Å². The first-order chi connectivity index (χ1) is 9.86. The van der Waals surface area contributed by atoms with Crippen LogP contribution in [-0.4, -0.2) is 21.2 Å². The highest BCUT2D eigenvalue weighted by Gasteiger charge is 2.15. The van der Waals surface area contributed by atoms with Crippen molar-refractivity contribution < 1.29 is 9.90 Å². The molecule has 2 aromatic rings. The zero-order valence-electron chi connectivity index (χ0n) is 11.9. The van der Waals surface area contributed by atoms with E-state index >= 15 is 0 Å². The lowest BCUT2D eigenvalue weighted by molar-refractivity contribution is 0.0785. The summed E-state index contributed by atoms with van der Waals surface area (Å²) >= 11 is 0. The average Bonchev–Trinajstić information content (AvgIpc) is 2.45. The van der Waals surface area contributed by atoms with Crippen molar-refractivity contribution in [3.63, 3.8) is 0 Å². The van der Waals surface area contributed by atoms with Crippen LogP contribution in [0.5, 0.6) is 0 Å². The molecule has 0 aliphatic rings. The van der Waals surface area contributed by atoms with Gasteiger partial charge in [-0.3, -0.25) is 9.59 Å². The minimum absolute atomic E-state index is 0.155. The van der Waals surface area contributed by atoms with Crippen LogP contribution >= 0.6 is 0 Å². The summed E-state index contributed by atoms with van der Waals surface area (Å²) in [6.07, 6.45) is 0. The molecule has 6 nitrogen and oxygen atoms in total. The average molecular weight is 287 g/mol. The number of carbonyl (C=O) groups excluding carboxylic acids is 1. The number of aliphatic hydroxyl groups is 1. The maximum absolute atomic E-state index is 11.8. The van der Waals surface area contributed by atoms with Crippen molar-refractivity contribution in [2.45, 2.75) is 26.0 Å². The van der Waals surface area contributed by atoms with E-state index in [9.17, 15) is 14.7 Å². The SMILES string of the molecule is CC(C)(O)c1ccc(CNC(=O)c2ccc(=O)[nH]n2)cc1. The number of hydrogen-bond acceptors (Lipinski definition) is 4. The minimum atomic E-state index is -0.887. The summed E-state index contributed by atoms with van der Waals surface area (Å²) in [7, 11) is 0. The summed E-state index contributed by atoms with van der Waals surface area (Å²) in [5, 5.41) is 18.4. The first-order valence-electron chi connectivity index (χ1n) is 6.52. The molecular weight excluding hydrogens is 270 g/mol. The number of hydrogen-bond donors (Lipinski definition) is 3. The Balaban J connectivity index is 1.98. The molecule has 0 fully saturated rings. The Hall–Kier alpha value is -2.47. The van der Waals surface area contributed by atoms with E-state index in [2.05, 4.69) is 15.5 Å². The summed E-state index contributed by atoms with van der Waals surface area (Å²) in [6, 6.07) is 9.94. The molecule has 0 saturated heterocycles. The van der Waals surface area contributed by atoms with Gasteiger partial charge in [0.1, 0.15) is 5.69 Å². The molecular formula is C15H17N3O3. The molecule has 0 unspecified atom stereocenters. The Bertz CT molecular complexity index is 664. The molecule has 1 aromatic heterocycles. The van der Waals surface area contributed by atoms with Crippen molar-refractivity contribution in [2.24, 2.45) is 0 Å². The first kappa shape index (κ1) is 14.9. The molecule has 1 aromatic carbocycles. The quantitative estimate of drug-likeness (QED) is 0.779. The van der Waals surface area contributed by atoms with Gasteiger partial charge in [-0.2, -0.15) is 5.10 Å². The molecule has 21 heavy (non-hydrogen) atoms. The number of nitrogens with zero attached hydrogens (tertiary/aromatic N) is 1. The van der Waals surface area contributed by atoms with Crippen LogP contribution < -0.4 is 10.9 Å². The second kappa shape index (κ2) is 5.88. The van der Waals surface area contributed by atoms with Gasteiger partial charge in [0, 0.05) is 12.6 Å². The van der Waals surface area contributed by atoms with Gasteiger partial charge in [-0.15, -0.1) is 0 Å². The molecule has 0 atom stereocenters. The fraction of sp³-hybridized carbons (Fsp3) is 0.267. The van der Waals surface area contributed by atoms with E-state index in [1.807, 2.05) is 24.3 Å². The lowest BCUT2D eigenvalue weighted by Crippen LogP contribution is -2.25. The fourth-order valence-electron chi connectivity index (χ4n) is 1.77. The van der Waals surface area contributed by atoms with Gasteiger partial charge < -0.3 is 10.4 Å². The van der Waals surface area contributed by atoms with Crippen molar-refractivity contribution in [3.8, 4) is 0 Å². The molecule has 0 aliphatic heterocycles. The van der Waals surface area contributed by atoms with Gasteiger partial charge in [-0.1, -0.05) is 24.3 Å². The zero-order chi connectivity index (χ0) is 15.5. The van der Waals surface area contributed by atoms with E-state index in [0.29, 0.717) is 6.54 Å². The zero-order valence-corrected chi connectivity index (χ0v) is 11.9. The van der Waals surface area contributed by atoms with Gasteiger partial charge >= 0.3 is 0 Å². The standard InChI is InChI=1S/C15H17N3O3/c1-15(2,21)11-5-3-10(4-6-11)9-16-14(20)12-7-8-13(19)18-17-12/h3-8,21H,9H2,1-2H3,(H,16,20)(H,18,19). The number of benzene rings is 1. The largest absolute Gasteiger partial charge is 0.386 e. The third-order valence-electron chi connectivity index (χ3n) is 3.03. The summed E-state index contributed by atoms with van der Waals surface area (Å²) in [6.45, 7) is 3.77. The minimum Gasteiger partial charge on any atom is -0.386 e. The van der Waals surface area contributed by atoms with Crippen LogP contribution in [0.1, 0.15) is 35.5 Å². The Morgan fingerprint density at radius 2 is 1.90 bits per heavy atom. The van der Waals surface area contributed by atoms with Crippen LogP contribution in [0, 0.1) is 0 Å². The Morgan fingerprint density at radius 3 is 2.43 bits per heavy atom. The number of nitrogens with one attached hydrogen (secondary N) is 2. The van der Waals surface area contributed by atoms with Crippen LogP contribution in [0.15, 0.2) is 41.2 Å². The molecule has 0 spiro atoms. The Labute approximate surface area is 121 Å². The molecule has 0 aliphatic carbocycles. The van der Waals surface area contributed by atoms with Crippen LogP contribution in [0.3, 0.4) is 0 Å². The second-order valence-corrected chi connectivity index (χ2v) is 5.25. The van der Waals surface area contributed by atoms with Crippen LogP contribution in [-0.2, 0) is 12.1 Å². The topological polar surface area (TPSA) is 95.1 Å². The van der Waals surface area contributed by atoms with Gasteiger partial charge in [-0.25, -0.2) is 5.10 Å². The van der Waals surface area contributed by atoms with Crippen molar-refractivity contribution in [1.29, 1.82) is 0 Å². The third kappa shape index (κ3) is 4.00. The molecule has 2 rings (SSSR count). The number of H-pyrrole nitrogens is 1. The molecule has 1 heterocycles. The lowest BCUT2D eigenvalue weighted by Gasteiger charge is -2.17. The number of aromatic amines is 1. The van der Waals surface area contributed by atoms with E-state index in [0.717, 1.165) is 11.1 Å². The molecule has 110 valence electrons. The highest BCUT2D eigenvalue weighted by Crippen LogP contribution is 2.19. The smallest absolute Gasteiger partial charge is 0.271 e. The molecule has 0 bridgehead atoms. The van der Waals surface area contributed by atoms with Crippen molar-refractivity contribution in [2.75, 3.05) is 0 Å². The Kier molecular flexibility index (Phi) is 4.18. The fourth-order valence-corrected chi connectivity index (χ4v) is 1.77. The van der Waals surface area contributed by atoms with E-state index < -0.39 is 5.60 Å². The predicted molar refractivity (Wildman–Crippen MR) is 77.7 cm³/mol. The van der Waals surface area contributed by atoms with Crippen LogP contribution in [0.25, 0.3) is 0 Å². The lowest BCUT2D eigenvalue weighted by atomic mass is 9.97. The van der Waals surface area contributed by atoms with Gasteiger partial charge in [0.2, 0.25) is 0 Å². The summed E-state index contributed by atoms with van der Waals surface area (Å²) in [5.41, 5.74) is 0.624. The molecule has 0 radical (unpaired) electrons. The third-order valence-corrected chi connectivity index (χ3v) is 3.03. The number of amides is 1. The van der Waals surface area contributed by atoms with Gasteiger partial charge in [-0.05, 0) is 31.0 Å². The predicted octanol–water partition coefficient (Wildman–Crippen LogP) is 0.927. The normalized spacial score (nSPS) is 11.2. The van der Waals surface area contributed by atoms with E-state index in [1.54, 1.807) is 13.8 Å². The number of aromatic nitrogens is 2. The van der Waals surface area contributed by atoms with Crippen molar-refractivity contribution in [1.82, 2.24) is 15.5 Å². The van der Waals surface area contributed by atoms with Gasteiger partial charge in [0.25, 0.3) is 11.5 Å². The maximum atomic E-state index is 11.8. The second-order valence-electron chi connectivity index (χ2n) is 5.25. The van der Waals surface area contributed by atoms with Crippen LogP contribution in [0.4, 0.5) is 0 Å². The van der Waals surface area contributed by atoms with Crippen LogP contribution in [0.2, 0.25) is 0 Å². The highest BCUT2D eigenvalue weighted by molar-refractivity contribution is 5.91. The summed E-state index contributed by atoms with van der Waals surface area (Å²) < 4.78 is 0. The summed E-state index contributed by atoms with van der Waals surface area (Å²) in [5.74, 6) is -0.363. The first-order valence-corrected chi connectivity index (χ1v) is 6.52. The molecule has 0 saturated carbocycles. The monoisotopic (exact) mass is 287 g/mol. The van der Waals surface area contributed by atoms with Gasteiger partial charge in [0.15, 0.2) is 0 Å². The number of rotatable bonds is 4. The van der Waals surface area contributed by atoms with Crippen molar-refractivity contribution >= 4 is 5.91 Å². The number of carbonyl (C=O) groups is 1. The maximum Gasteiger partial charge on any atom is 0.271 e. The Morgan fingerprint density at radius 1 is 1.24 bits per heavy atom. The molecule has 3 N–H and O–H groups in total. The van der Waals surface area contributed by atoms with Crippen molar-refractivity contribution in [3.05, 3.63) is 63.6 Å². The highest BCUT2D eigenvalue weighted by atomic mass is 16.3.